The van der Waals surface area contributed by atoms with Gasteiger partial charge in [-0.2, -0.15) is 0 Å². The van der Waals surface area contributed by atoms with Crippen molar-refractivity contribution < 1.29 is 29.2 Å². The monoisotopic (exact) mass is 530 g/mol. The van der Waals surface area contributed by atoms with E-state index >= 15 is 0 Å². The van der Waals surface area contributed by atoms with Gasteiger partial charge in [0, 0.05) is 32.0 Å². The van der Waals surface area contributed by atoms with Gasteiger partial charge in [0.05, 0.1) is 38.6 Å². The number of carbonyl (C=O) groups excluding carboxylic acids is 1. The van der Waals surface area contributed by atoms with Crippen molar-refractivity contribution in [3.05, 3.63) is 53.8 Å². The summed E-state index contributed by atoms with van der Waals surface area (Å²) in [6.07, 6.45) is 9.94. The maximum absolute atomic E-state index is 12.9. The van der Waals surface area contributed by atoms with Crippen LogP contribution in [0.5, 0.6) is 5.75 Å². The van der Waals surface area contributed by atoms with E-state index in [4.69, 9.17) is 14.2 Å². The molecular weight excluding hydrogens is 484 g/mol. The molecule has 0 aromatic heterocycles. The summed E-state index contributed by atoms with van der Waals surface area (Å²) in [6, 6.07) is 6.92. The van der Waals surface area contributed by atoms with E-state index in [1.807, 2.05) is 49.4 Å². The number of methoxy groups -OCH3 is 1. The van der Waals surface area contributed by atoms with Gasteiger partial charge in [-0.15, -0.1) is 0 Å². The molecule has 1 aliphatic heterocycles. The molecule has 212 valence electrons. The first-order valence-electron chi connectivity index (χ1n) is 14.1. The van der Waals surface area contributed by atoms with Gasteiger partial charge in [0.1, 0.15) is 17.6 Å². The number of likely N-dealkylation sites (tertiary alicyclic amines) is 1. The minimum atomic E-state index is -0.893. The Morgan fingerprint density at radius 1 is 1.18 bits per heavy atom. The number of aliphatic hydroxyl groups is 2. The molecular formula is C30H46N2O6. The van der Waals surface area contributed by atoms with Crippen molar-refractivity contribution >= 4 is 5.91 Å². The van der Waals surface area contributed by atoms with Crippen LogP contribution in [-0.2, 0) is 14.3 Å². The van der Waals surface area contributed by atoms with Crippen molar-refractivity contribution in [3.8, 4) is 5.75 Å². The van der Waals surface area contributed by atoms with Gasteiger partial charge in [0.2, 0.25) is 5.91 Å². The van der Waals surface area contributed by atoms with Crippen LogP contribution in [0.4, 0.5) is 0 Å². The van der Waals surface area contributed by atoms with E-state index in [1.165, 1.54) is 12.8 Å². The first-order valence-corrected chi connectivity index (χ1v) is 14.1. The van der Waals surface area contributed by atoms with E-state index in [0.717, 1.165) is 30.9 Å². The average molecular weight is 531 g/mol. The summed E-state index contributed by atoms with van der Waals surface area (Å²) in [5, 5.41) is 24.2. The van der Waals surface area contributed by atoms with Crippen molar-refractivity contribution in [3.63, 3.8) is 0 Å². The van der Waals surface area contributed by atoms with Crippen molar-refractivity contribution in [2.24, 2.45) is 5.92 Å². The summed E-state index contributed by atoms with van der Waals surface area (Å²) in [5.74, 6) is 1.56. The number of hydrogen-bond donors (Lipinski definition) is 3. The second-order valence-electron chi connectivity index (χ2n) is 10.4. The van der Waals surface area contributed by atoms with Crippen molar-refractivity contribution in [1.29, 1.82) is 0 Å². The number of nitrogens with zero attached hydrogens (tertiary/aromatic N) is 1. The predicted octanol–water partition coefficient (Wildman–Crippen LogP) is 3.74. The van der Waals surface area contributed by atoms with Crippen LogP contribution in [0, 0.1) is 5.92 Å². The molecule has 1 amide bonds. The van der Waals surface area contributed by atoms with Crippen molar-refractivity contribution in [1.82, 2.24) is 10.2 Å². The number of hydrogen-bond acceptors (Lipinski definition) is 7. The van der Waals surface area contributed by atoms with Crippen LogP contribution in [0.25, 0.3) is 0 Å². The third-order valence-electron chi connectivity index (χ3n) is 7.19. The molecule has 1 heterocycles. The van der Waals surface area contributed by atoms with Gasteiger partial charge in [0.15, 0.2) is 0 Å². The average Bonchev–Trinajstić information content (AvgIpc) is 3.33. The third-order valence-corrected chi connectivity index (χ3v) is 7.19. The molecule has 3 N–H and O–H groups in total. The summed E-state index contributed by atoms with van der Waals surface area (Å²) in [5.41, 5.74) is 0.714. The minimum Gasteiger partial charge on any atom is -0.497 e. The second-order valence-corrected chi connectivity index (χ2v) is 10.4. The normalized spacial score (nSPS) is 23.1. The first-order chi connectivity index (χ1) is 18.4. The number of rotatable bonds is 16. The lowest BCUT2D eigenvalue weighted by molar-refractivity contribution is -0.124. The highest BCUT2D eigenvalue weighted by Gasteiger charge is 2.29. The van der Waals surface area contributed by atoms with Crippen molar-refractivity contribution in [2.75, 3.05) is 40.0 Å². The highest BCUT2D eigenvalue weighted by molar-refractivity contribution is 5.76. The summed E-state index contributed by atoms with van der Waals surface area (Å²) in [6.45, 7) is 6.91. The molecule has 0 radical (unpaired) electrons. The lowest BCUT2D eigenvalue weighted by atomic mass is 9.99. The molecule has 8 nitrogen and oxygen atoms in total. The topological polar surface area (TPSA) is 100 Å². The van der Waals surface area contributed by atoms with Gasteiger partial charge in [0.25, 0.3) is 0 Å². The molecule has 5 atom stereocenters. The van der Waals surface area contributed by atoms with Crippen molar-refractivity contribution in [2.45, 2.75) is 76.7 Å². The van der Waals surface area contributed by atoms with Gasteiger partial charge < -0.3 is 29.7 Å². The first kappa shape index (κ1) is 30.2. The third kappa shape index (κ3) is 9.73. The van der Waals surface area contributed by atoms with Gasteiger partial charge in [-0.05, 0) is 42.7 Å². The second kappa shape index (κ2) is 15.9. The molecule has 1 aliphatic carbocycles. The zero-order chi connectivity index (χ0) is 27.3. The minimum absolute atomic E-state index is 0.110. The Morgan fingerprint density at radius 3 is 2.63 bits per heavy atom. The lowest BCUT2D eigenvalue weighted by Crippen LogP contribution is -2.47. The Morgan fingerprint density at radius 2 is 1.97 bits per heavy atom. The predicted molar refractivity (Wildman–Crippen MR) is 148 cm³/mol. The fourth-order valence-corrected chi connectivity index (χ4v) is 4.88. The molecule has 3 rings (SSSR count). The van der Waals surface area contributed by atoms with E-state index in [0.29, 0.717) is 31.7 Å². The highest BCUT2D eigenvalue weighted by atomic mass is 16.5. The Bertz CT molecular complexity index is 903. The van der Waals surface area contributed by atoms with Crippen LogP contribution < -0.4 is 10.1 Å². The molecule has 1 aromatic carbocycles. The van der Waals surface area contributed by atoms with E-state index in [-0.39, 0.29) is 37.1 Å². The van der Waals surface area contributed by atoms with Gasteiger partial charge in [-0.1, -0.05) is 51.3 Å². The number of unbranched alkanes of at least 4 members (excludes halogenated alkanes) is 3. The van der Waals surface area contributed by atoms with Crippen LogP contribution in [0.1, 0.15) is 64.0 Å². The number of allylic oxidation sites excluding steroid dienone is 1. The molecule has 0 bridgehead atoms. The molecule has 8 heteroatoms. The van der Waals surface area contributed by atoms with Crippen LogP contribution in [0.15, 0.2) is 48.3 Å². The summed E-state index contributed by atoms with van der Waals surface area (Å²) in [7, 11) is 1.64. The smallest absolute Gasteiger partial charge is 0.222 e. The van der Waals surface area contributed by atoms with Crippen LogP contribution in [0.2, 0.25) is 0 Å². The van der Waals surface area contributed by atoms with E-state index < -0.39 is 12.1 Å². The zero-order valence-electron chi connectivity index (χ0n) is 23.2. The number of benzene rings is 1. The Balaban J connectivity index is 1.53. The molecule has 1 fully saturated rings. The number of ether oxygens (including phenoxy) is 3. The standard InChI is InChI=1S/C30H46N2O6/c1-4-5-6-7-17-37-25-10-8-23(9-11-25)30(35)27(21-32-16-14-24(33)20-32)31-29(34)15-18-38-28-13-12-26(36-3)19-22(28)2/h8-13,19,22,24,27-28,30,33,35H,4-7,14-18,20-21H2,1-3H3,(H,31,34)/t22?,24-,27+,28?,30+/m0/s1. The van der Waals surface area contributed by atoms with E-state index in [2.05, 4.69) is 17.1 Å². The molecule has 0 spiro atoms. The Labute approximate surface area is 227 Å². The molecule has 38 heavy (non-hydrogen) atoms. The maximum Gasteiger partial charge on any atom is 0.222 e. The Hall–Kier alpha value is -2.39. The number of nitrogens with one attached hydrogen (secondary N) is 1. The molecule has 2 aliphatic rings. The Kier molecular flexibility index (Phi) is 12.6. The summed E-state index contributed by atoms with van der Waals surface area (Å²) in [4.78, 5) is 14.9. The van der Waals surface area contributed by atoms with Crippen LogP contribution in [0.3, 0.4) is 0 Å². The number of amides is 1. The molecule has 1 saturated heterocycles. The fourth-order valence-electron chi connectivity index (χ4n) is 4.88. The largest absolute Gasteiger partial charge is 0.497 e. The maximum atomic E-state index is 12.9. The van der Waals surface area contributed by atoms with E-state index in [9.17, 15) is 15.0 Å². The number of aliphatic hydroxyl groups excluding tert-OH is 2. The molecule has 1 aromatic rings. The SMILES string of the molecule is CCCCCCOc1ccc([C@@H](O)[C@@H](CN2CC[C@H](O)C2)NC(=O)CCOC2C=CC(OC)=CC2C)cc1. The van der Waals surface area contributed by atoms with Gasteiger partial charge >= 0.3 is 0 Å². The molecule has 2 unspecified atom stereocenters. The summed E-state index contributed by atoms with van der Waals surface area (Å²) < 4.78 is 17.0. The number of β-amino-alcohol motifs (C(OH)–C–C–N with tert-alkyl or cyclic N) is 1. The van der Waals surface area contributed by atoms with Crippen LogP contribution >= 0.6 is 0 Å². The van der Waals surface area contributed by atoms with E-state index in [1.54, 1.807) is 7.11 Å². The molecule has 0 saturated carbocycles. The lowest BCUT2D eigenvalue weighted by Gasteiger charge is -2.29. The van der Waals surface area contributed by atoms with Crippen LogP contribution in [-0.4, -0.2) is 79.2 Å². The highest BCUT2D eigenvalue weighted by Crippen LogP contribution is 2.23. The summed E-state index contributed by atoms with van der Waals surface area (Å²) >= 11 is 0. The zero-order valence-corrected chi connectivity index (χ0v) is 23.2. The van der Waals surface area contributed by atoms with Gasteiger partial charge in [-0.25, -0.2) is 0 Å². The fraction of sp³-hybridized carbons (Fsp3) is 0.633. The van der Waals surface area contributed by atoms with Gasteiger partial charge in [-0.3, -0.25) is 9.69 Å². The number of carbonyl (C=O) groups is 1. The quantitative estimate of drug-likeness (QED) is 0.280.